The monoisotopic (exact) mass is 307 g/mol. The molecular weight excluding hydrogens is 290 g/mol. The van der Waals surface area contributed by atoms with Gasteiger partial charge in [0, 0.05) is 29.5 Å². The van der Waals surface area contributed by atoms with E-state index >= 15 is 0 Å². The van der Waals surface area contributed by atoms with Crippen LogP contribution in [0.5, 0.6) is 0 Å². The summed E-state index contributed by atoms with van der Waals surface area (Å²) in [5.41, 5.74) is 1.41. The minimum Gasteiger partial charge on any atom is -0.354 e. The highest BCUT2D eigenvalue weighted by molar-refractivity contribution is 9.10. The molecule has 18 heavy (non-hydrogen) atoms. The summed E-state index contributed by atoms with van der Waals surface area (Å²) < 4.78 is 1.14. The number of hydrogen-bond donors (Lipinski definition) is 2. The first-order valence-corrected chi connectivity index (χ1v) is 7.31. The van der Waals surface area contributed by atoms with Crippen molar-refractivity contribution in [2.45, 2.75) is 37.3 Å². The van der Waals surface area contributed by atoms with Crippen molar-refractivity contribution in [3.63, 3.8) is 0 Å². The number of nitrogens with zero attached hydrogens (tertiary/aromatic N) is 1. The number of nitrogens with one attached hydrogen (secondary N) is 2. The van der Waals surface area contributed by atoms with Gasteiger partial charge in [0.15, 0.2) is 5.96 Å². The molecule has 2 fully saturated rings. The molecule has 0 bridgehead atoms. The molecular formula is C14H18BrN3. The van der Waals surface area contributed by atoms with Crippen LogP contribution in [0, 0.1) is 0 Å². The molecule has 0 saturated heterocycles. The molecule has 2 atom stereocenters. The zero-order valence-electron chi connectivity index (χ0n) is 10.5. The molecule has 2 N–H and O–H groups in total. The lowest BCUT2D eigenvalue weighted by Crippen LogP contribution is -2.40. The molecule has 1 aromatic carbocycles. The molecule has 2 aliphatic carbocycles. The Morgan fingerprint density at radius 3 is 2.56 bits per heavy atom. The number of benzene rings is 1. The van der Waals surface area contributed by atoms with Crippen LogP contribution in [0.3, 0.4) is 0 Å². The predicted molar refractivity (Wildman–Crippen MR) is 77.9 cm³/mol. The summed E-state index contributed by atoms with van der Waals surface area (Å²) in [4.78, 5) is 4.28. The molecule has 0 aliphatic heterocycles. The molecule has 3 nitrogen and oxygen atoms in total. The van der Waals surface area contributed by atoms with E-state index in [-0.39, 0.29) is 0 Å². The van der Waals surface area contributed by atoms with E-state index in [0.717, 1.165) is 10.4 Å². The van der Waals surface area contributed by atoms with E-state index in [1.54, 1.807) is 0 Å². The van der Waals surface area contributed by atoms with Crippen molar-refractivity contribution >= 4 is 21.9 Å². The highest BCUT2D eigenvalue weighted by Gasteiger charge is 2.39. The van der Waals surface area contributed by atoms with E-state index < -0.39 is 0 Å². The molecule has 2 aliphatic rings. The summed E-state index contributed by atoms with van der Waals surface area (Å²) >= 11 is 3.47. The van der Waals surface area contributed by atoms with Gasteiger partial charge in [-0.05, 0) is 37.0 Å². The maximum atomic E-state index is 4.28. The predicted octanol–water partition coefficient (Wildman–Crippen LogP) is 2.63. The average molecular weight is 308 g/mol. The van der Waals surface area contributed by atoms with Crippen molar-refractivity contribution in [3.8, 4) is 0 Å². The van der Waals surface area contributed by atoms with E-state index in [2.05, 4.69) is 55.8 Å². The molecule has 1 aromatic rings. The van der Waals surface area contributed by atoms with E-state index in [0.29, 0.717) is 18.0 Å². The van der Waals surface area contributed by atoms with Crippen LogP contribution in [0.1, 0.15) is 30.7 Å². The number of aliphatic imine (C=N–C) groups is 1. The fraction of sp³-hybridized carbons (Fsp3) is 0.500. The van der Waals surface area contributed by atoms with Gasteiger partial charge >= 0.3 is 0 Å². The fourth-order valence-corrected chi connectivity index (χ4v) is 2.46. The van der Waals surface area contributed by atoms with Gasteiger partial charge in [0.2, 0.25) is 0 Å². The van der Waals surface area contributed by atoms with Crippen LogP contribution >= 0.6 is 15.9 Å². The van der Waals surface area contributed by atoms with Gasteiger partial charge in [-0.3, -0.25) is 4.99 Å². The summed E-state index contributed by atoms with van der Waals surface area (Å²) in [5.74, 6) is 1.60. The first-order valence-electron chi connectivity index (χ1n) is 6.51. The Labute approximate surface area is 116 Å². The Kier molecular flexibility index (Phi) is 3.29. The summed E-state index contributed by atoms with van der Waals surface area (Å²) in [6.07, 6.45) is 3.76. The number of guanidine groups is 1. The Morgan fingerprint density at radius 2 is 1.94 bits per heavy atom. The second kappa shape index (κ2) is 4.92. The van der Waals surface area contributed by atoms with Gasteiger partial charge in [-0.1, -0.05) is 28.1 Å². The molecule has 0 heterocycles. The fourth-order valence-electron chi connectivity index (χ4n) is 2.20. The summed E-state index contributed by atoms with van der Waals surface area (Å²) in [7, 11) is 1.84. The van der Waals surface area contributed by atoms with Gasteiger partial charge < -0.3 is 10.6 Å². The molecule has 4 heteroatoms. The molecule has 0 spiro atoms. The van der Waals surface area contributed by atoms with Crippen LogP contribution in [0.4, 0.5) is 0 Å². The Hall–Kier alpha value is -1.03. The van der Waals surface area contributed by atoms with Crippen LogP contribution in [0.25, 0.3) is 0 Å². The van der Waals surface area contributed by atoms with Crippen LogP contribution in [0.2, 0.25) is 0 Å². The van der Waals surface area contributed by atoms with Crippen molar-refractivity contribution in [3.05, 3.63) is 34.3 Å². The van der Waals surface area contributed by atoms with Crippen LogP contribution < -0.4 is 10.6 Å². The highest BCUT2D eigenvalue weighted by atomic mass is 79.9. The van der Waals surface area contributed by atoms with Crippen LogP contribution in [-0.4, -0.2) is 25.1 Å². The van der Waals surface area contributed by atoms with Crippen molar-refractivity contribution in [2.75, 3.05) is 7.05 Å². The Balaban J connectivity index is 1.55. The van der Waals surface area contributed by atoms with E-state index in [9.17, 15) is 0 Å². The zero-order chi connectivity index (χ0) is 12.5. The largest absolute Gasteiger partial charge is 0.354 e. The minimum atomic E-state index is 0.538. The molecule has 2 saturated carbocycles. The average Bonchev–Trinajstić information content (AvgIpc) is 3.26. The van der Waals surface area contributed by atoms with E-state index in [1.165, 1.54) is 24.8 Å². The minimum absolute atomic E-state index is 0.538. The maximum absolute atomic E-state index is 4.28. The van der Waals surface area contributed by atoms with Crippen molar-refractivity contribution < 1.29 is 0 Å². The van der Waals surface area contributed by atoms with Gasteiger partial charge in [-0.2, -0.15) is 0 Å². The first-order chi connectivity index (χ1) is 8.76. The third-order valence-electron chi connectivity index (χ3n) is 3.55. The molecule has 0 amide bonds. The quantitative estimate of drug-likeness (QED) is 0.665. The van der Waals surface area contributed by atoms with E-state index in [1.807, 2.05) is 7.05 Å². The Bertz CT molecular complexity index is 451. The maximum Gasteiger partial charge on any atom is 0.191 e. The van der Waals surface area contributed by atoms with Crippen LogP contribution in [0.15, 0.2) is 33.7 Å². The molecule has 0 aromatic heterocycles. The second-order valence-corrected chi connectivity index (χ2v) is 6.05. The van der Waals surface area contributed by atoms with Gasteiger partial charge in [0.05, 0.1) is 0 Å². The Morgan fingerprint density at radius 1 is 1.22 bits per heavy atom. The molecule has 3 rings (SSSR count). The molecule has 0 unspecified atom stereocenters. The summed E-state index contributed by atoms with van der Waals surface area (Å²) in [5, 5.41) is 6.93. The first kappa shape index (κ1) is 12.0. The van der Waals surface area contributed by atoms with Crippen molar-refractivity contribution in [1.29, 1.82) is 0 Å². The number of rotatable bonds is 3. The highest BCUT2D eigenvalue weighted by Crippen LogP contribution is 2.41. The molecule has 96 valence electrons. The van der Waals surface area contributed by atoms with Gasteiger partial charge in [0.25, 0.3) is 0 Å². The third kappa shape index (κ3) is 2.86. The lowest BCUT2D eigenvalue weighted by Gasteiger charge is -2.10. The normalized spacial score (nSPS) is 26.9. The summed E-state index contributed by atoms with van der Waals surface area (Å²) in [6, 6.07) is 9.82. The molecule has 0 radical (unpaired) electrons. The van der Waals surface area contributed by atoms with Gasteiger partial charge in [0.1, 0.15) is 0 Å². The van der Waals surface area contributed by atoms with E-state index in [4.69, 9.17) is 0 Å². The van der Waals surface area contributed by atoms with Crippen LogP contribution in [-0.2, 0) is 0 Å². The zero-order valence-corrected chi connectivity index (χ0v) is 12.1. The smallest absolute Gasteiger partial charge is 0.191 e. The third-order valence-corrected chi connectivity index (χ3v) is 4.08. The van der Waals surface area contributed by atoms with Gasteiger partial charge in [-0.15, -0.1) is 0 Å². The standard InChI is InChI=1S/C14H18BrN3/c1-16-14(17-11-6-7-11)18-13-8-12(13)9-2-4-10(15)5-3-9/h2-5,11-13H,6-8H2,1H3,(H2,16,17,18)/t12-,13+/m0/s1. The lowest BCUT2D eigenvalue weighted by atomic mass is 10.1. The number of halogens is 1. The topological polar surface area (TPSA) is 36.4 Å². The van der Waals surface area contributed by atoms with Crippen molar-refractivity contribution in [2.24, 2.45) is 4.99 Å². The number of hydrogen-bond acceptors (Lipinski definition) is 1. The lowest BCUT2D eigenvalue weighted by molar-refractivity contribution is 0.787. The van der Waals surface area contributed by atoms with Gasteiger partial charge in [-0.25, -0.2) is 0 Å². The van der Waals surface area contributed by atoms with Crippen molar-refractivity contribution in [1.82, 2.24) is 10.6 Å². The second-order valence-electron chi connectivity index (χ2n) is 5.14. The SMILES string of the molecule is CN=C(NC1CC1)N[C@@H]1C[C@H]1c1ccc(Br)cc1. The summed E-state index contributed by atoms with van der Waals surface area (Å²) in [6.45, 7) is 0.